The van der Waals surface area contributed by atoms with Crippen molar-refractivity contribution in [1.29, 1.82) is 0 Å². The number of para-hydroxylation sites is 1. The summed E-state index contributed by atoms with van der Waals surface area (Å²) in [4.78, 5) is 39.5. The summed E-state index contributed by atoms with van der Waals surface area (Å²) in [5.74, 6) is -3.99. The molecule has 3 aliphatic heterocycles. The molecule has 3 aliphatic rings. The molecule has 5 rings (SSSR count). The zero-order valence-corrected chi connectivity index (χ0v) is 19.7. The normalized spacial score (nSPS) is 26.5. The number of ether oxygens (including phenoxy) is 2. The zero-order chi connectivity index (χ0) is 25.8. The van der Waals surface area contributed by atoms with Crippen LogP contribution >= 0.6 is 23.2 Å². The Balaban J connectivity index is 1.32. The lowest BCUT2D eigenvalue weighted by Crippen LogP contribution is -2.49. The second-order valence-corrected chi connectivity index (χ2v) is 9.41. The van der Waals surface area contributed by atoms with E-state index in [1.807, 2.05) is 0 Å². The van der Waals surface area contributed by atoms with Gasteiger partial charge in [0.25, 0.3) is 5.91 Å². The molecule has 188 valence electrons. The van der Waals surface area contributed by atoms with E-state index in [9.17, 15) is 27.6 Å². The van der Waals surface area contributed by atoms with Gasteiger partial charge in [-0.15, -0.1) is 0 Å². The van der Waals surface area contributed by atoms with Crippen LogP contribution in [0.4, 0.5) is 18.9 Å². The fraction of sp³-hybridized carbons (Fsp3) is 0.292. The molecular formula is C24H17Cl2F3N2O5. The van der Waals surface area contributed by atoms with Crippen LogP contribution in [-0.2, 0) is 25.3 Å². The highest BCUT2D eigenvalue weighted by Crippen LogP contribution is 2.53. The largest absolute Gasteiger partial charge is 0.482 e. The van der Waals surface area contributed by atoms with E-state index in [2.05, 4.69) is 5.32 Å². The Bertz CT molecular complexity index is 1300. The fourth-order valence-corrected chi connectivity index (χ4v) is 5.34. The number of carbonyl (C=O) groups excluding carboxylic acids is 3. The minimum atomic E-state index is -4.76. The first kappa shape index (κ1) is 24.6. The molecule has 0 aliphatic carbocycles. The highest BCUT2D eigenvalue weighted by molar-refractivity contribution is 6.35. The van der Waals surface area contributed by atoms with Crippen molar-refractivity contribution in [3.8, 4) is 5.75 Å². The number of alkyl halides is 3. The topological polar surface area (TPSA) is 84.9 Å². The number of imide groups is 1. The molecule has 7 nitrogen and oxygen atoms in total. The van der Waals surface area contributed by atoms with Gasteiger partial charge < -0.3 is 14.8 Å². The van der Waals surface area contributed by atoms with Crippen LogP contribution in [0.1, 0.15) is 5.56 Å². The van der Waals surface area contributed by atoms with Crippen LogP contribution in [0.5, 0.6) is 5.75 Å². The zero-order valence-electron chi connectivity index (χ0n) is 18.2. The minimum Gasteiger partial charge on any atom is -0.482 e. The summed E-state index contributed by atoms with van der Waals surface area (Å²) in [6, 6.07) is 8.91. The average Bonchev–Trinajstić information content (AvgIpc) is 3.46. The standard InChI is InChI=1S/C24H17Cl2F3N2O5/c25-12-5-6-16(14(26)9-12)35-10-18(32)30-11-23-8-7-17(36-23)19-20(23)22(34)31(21(19)33)15-4-2-1-3-13(15)24(27,28)29/h1-9,17,19-20H,10-11H2,(H,30,32)/t17-,19+,20-,23+/m0/s1. The third-order valence-electron chi connectivity index (χ3n) is 6.42. The van der Waals surface area contributed by atoms with Gasteiger partial charge in [0.2, 0.25) is 11.8 Å². The van der Waals surface area contributed by atoms with Crippen LogP contribution in [0.25, 0.3) is 0 Å². The maximum atomic E-state index is 13.6. The van der Waals surface area contributed by atoms with Crippen LogP contribution in [0, 0.1) is 11.8 Å². The molecule has 0 saturated carbocycles. The second-order valence-electron chi connectivity index (χ2n) is 8.57. The van der Waals surface area contributed by atoms with E-state index in [4.69, 9.17) is 32.7 Å². The van der Waals surface area contributed by atoms with Gasteiger partial charge in [-0.05, 0) is 30.3 Å². The number of nitrogens with one attached hydrogen (secondary N) is 1. The molecule has 4 atom stereocenters. The number of benzene rings is 2. The lowest BCUT2D eigenvalue weighted by Gasteiger charge is -2.29. The maximum absolute atomic E-state index is 13.6. The fourth-order valence-electron chi connectivity index (χ4n) is 4.88. The second kappa shape index (κ2) is 8.79. The Morgan fingerprint density at radius 2 is 1.89 bits per heavy atom. The van der Waals surface area contributed by atoms with Gasteiger partial charge in [0, 0.05) is 5.02 Å². The van der Waals surface area contributed by atoms with Gasteiger partial charge in [-0.3, -0.25) is 14.4 Å². The third-order valence-corrected chi connectivity index (χ3v) is 6.95. The van der Waals surface area contributed by atoms with Crippen molar-refractivity contribution in [3.63, 3.8) is 0 Å². The molecule has 0 spiro atoms. The van der Waals surface area contributed by atoms with Gasteiger partial charge in [-0.25, -0.2) is 4.90 Å². The van der Waals surface area contributed by atoms with Crippen molar-refractivity contribution in [1.82, 2.24) is 5.32 Å². The number of amides is 3. The first-order valence-electron chi connectivity index (χ1n) is 10.8. The lowest BCUT2D eigenvalue weighted by atomic mass is 9.77. The van der Waals surface area contributed by atoms with E-state index < -0.39 is 65.3 Å². The van der Waals surface area contributed by atoms with Crippen LogP contribution in [0.15, 0.2) is 54.6 Å². The summed E-state index contributed by atoms with van der Waals surface area (Å²) in [5, 5.41) is 3.22. The van der Waals surface area contributed by atoms with Crippen LogP contribution in [0.3, 0.4) is 0 Å². The van der Waals surface area contributed by atoms with Crippen LogP contribution in [0.2, 0.25) is 10.0 Å². The minimum absolute atomic E-state index is 0.189. The predicted molar refractivity (Wildman–Crippen MR) is 123 cm³/mol. The summed E-state index contributed by atoms with van der Waals surface area (Å²) >= 11 is 11.9. The van der Waals surface area contributed by atoms with Gasteiger partial charge in [-0.2, -0.15) is 13.2 Å². The number of rotatable bonds is 6. The van der Waals surface area contributed by atoms with Crippen molar-refractivity contribution < 1.29 is 37.0 Å². The third kappa shape index (κ3) is 4.03. The molecular weight excluding hydrogens is 524 g/mol. The van der Waals surface area contributed by atoms with Crippen molar-refractivity contribution >= 4 is 46.6 Å². The van der Waals surface area contributed by atoms with Crippen molar-refractivity contribution in [3.05, 3.63) is 70.2 Å². The van der Waals surface area contributed by atoms with Crippen LogP contribution in [-0.4, -0.2) is 42.6 Å². The van der Waals surface area contributed by atoms with Gasteiger partial charge >= 0.3 is 6.18 Å². The summed E-state index contributed by atoms with van der Waals surface area (Å²) in [6.45, 7) is -0.595. The van der Waals surface area contributed by atoms with Crippen molar-refractivity contribution in [2.24, 2.45) is 11.8 Å². The van der Waals surface area contributed by atoms with Crippen molar-refractivity contribution in [2.45, 2.75) is 17.9 Å². The summed E-state index contributed by atoms with van der Waals surface area (Å²) < 4.78 is 52.0. The summed E-state index contributed by atoms with van der Waals surface area (Å²) in [5.41, 5.74) is -2.99. The lowest BCUT2D eigenvalue weighted by molar-refractivity contribution is -0.137. The monoisotopic (exact) mass is 540 g/mol. The van der Waals surface area contributed by atoms with E-state index in [1.54, 1.807) is 18.2 Å². The molecule has 3 amide bonds. The Labute approximate surface area is 212 Å². The highest BCUT2D eigenvalue weighted by atomic mass is 35.5. The van der Waals surface area contributed by atoms with E-state index in [-0.39, 0.29) is 17.3 Å². The smallest absolute Gasteiger partial charge is 0.418 e. The Hall–Kier alpha value is -3.08. The number of hydrogen-bond acceptors (Lipinski definition) is 5. The first-order chi connectivity index (χ1) is 17.0. The molecule has 1 N–H and O–H groups in total. The molecule has 0 radical (unpaired) electrons. The number of nitrogens with zero attached hydrogens (tertiary/aromatic N) is 1. The van der Waals surface area contributed by atoms with E-state index in [1.165, 1.54) is 24.3 Å². The van der Waals surface area contributed by atoms with E-state index in [0.29, 0.717) is 9.92 Å². The molecule has 2 saturated heterocycles. The van der Waals surface area contributed by atoms with Gasteiger partial charge in [-0.1, -0.05) is 47.5 Å². The Morgan fingerprint density at radius 3 is 2.61 bits per heavy atom. The molecule has 12 heteroatoms. The predicted octanol–water partition coefficient (Wildman–Crippen LogP) is 4.02. The Morgan fingerprint density at radius 1 is 1.14 bits per heavy atom. The summed E-state index contributed by atoms with van der Waals surface area (Å²) in [7, 11) is 0. The van der Waals surface area contributed by atoms with Crippen LogP contribution < -0.4 is 15.0 Å². The molecule has 0 aromatic heterocycles. The van der Waals surface area contributed by atoms with E-state index in [0.717, 1.165) is 12.1 Å². The molecule has 36 heavy (non-hydrogen) atoms. The first-order valence-corrected chi connectivity index (χ1v) is 11.5. The summed E-state index contributed by atoms with van der Waals surface area (Å²) in [6.07, 6.45) is -2.40. The molecule has 0 unspecified atom stereocenters. The number of fused-ring (bicyclic) bond motifs is 5. The number of hydrogen-bond donors (Lipinski definition) is 1. The highest BCUT2D eigenvalue weighted by Gasteiger charge is 2.68. The molecule has 2 aromatic carbocycles. The Kier molecular flexibility index (Phi) is 6.01. The molecule has 2 aromatic rings. The number of carbonyl (C=O) groups is 3. The molecule has 3 heterocycles. The quantitative estimate of drug-likeness (QED) is 0.442. The molecule has 2 bridgehead atoms. The average molecular weight is 541 g/mol. The van der Waals surface area contributed by atoms with Crippen molar-refractivity contribution in [2.75, 3.05) is 18.1 Å². The SMILES string of the molecule is O=C(COc1ccc(Cl)cc1Cl)NC[C@@]12C=C[C@H](O1)[C@H]1C(=O)N(c3ccccc3C(F)(F)F)C(=O)[C@H]12. The van der Waals surface area contributed by atoms with Gasteiger partial charge in [0.1, 0.15) is 11.4 Å². The number of anilines is 1. The van der Waals surface area contributed by atoms with Gasteiger partial charge in [0.05, 0.1) is 40.8 Å². The van der Waals surface area contributed by atoms with Gasteiger partial charge in [0.15, 0.2) is 6.61 Å². The maximum Gasteiger partial charge on any atom is 0.418 e. The number of halogens is 5. The van der Waals surface area contributed by atoms with E-state index >= 15 is 0 Å². The molecule has 2 fully saturated rings.